The summed E-state index contributed by atoms with van der Waals surface area (Å²) in [4.78, 5) is 2.24. The molecule has 148 valence electrons. The zero-order valence-corrected chi connectivity index (χ0v) is 17.2. The predicted molar refractivity (Wildman–Crippen MR) is 123 cm³/mol. The van der Waals surface area contributed by atoms with Crippen molar-refractivity contribution >= 4 is 40.4 Å². The largest absolute Gasteiger partial charge is 0.491 e. The SMILES string of the molecule is Cc1ccc2c(c1)C=Cc1c(oc3ccc(C)cc13)N2c1cccc2c1OCCC2. The molecule has 0 atom stereocenters. The van der Waals surface area contributed by atoms with E-state index in [4.69, 9.17) is 9.15 Å². The van der Waals surface area contributed by atoms with Crippen molar-refractivity contribution in [2.24, 2.45) is 0 Å². The molecule has 0 N–H and O–H groups in total. The molecule has 6 rings (SSSR count). The van der Waals surface area contributed by atoms with Crippen LogP contribution in [-0.4, -0.2) is 6.61 Å². The highest BCUT2D eigenvalue weighted by Crippen LogP contribution is 2.49. The van der Waals surface area contributed by atoms with E-state index in [1.165, 1.54) is 22.3 Å². The van der Waals surface area contributed by atoms with Crippen molar-refractivity contribution < 1.29 is 9.15 Å². The zero-order valence-electron chi connectivity index (χ0n) is 17.2. The molecule has 3 heterocycles. The lowest BCUT2D eigenvalue weighted by Crippen LogP contribution is -2.16. The van der Waals surface area contributed by atoms with Crippen molar-refractivity contribution in [2.45, 2.75) is 26.7 Å². The van der Waals surface area contributed by atoms with Crippen LogP contribution in [0, 0.1) is 13.8 Å². The van der Waals surface area contributed by atoms with E-state index in [2.05, 4.69) is 85.5 Å². The second-order valence-electron chi connectivity index (χ2n) is 8.27. The third-order valence-electron chi connectivity index (χ3n) is 6.07. The van der Waals surface area contributed by atoms with E-state index >= 15 is 0 Å². The second-order valence-corrected chi connectivity index (χ2v) is 8.27. The van der Waals surface area contributed by atoms with Crippen LogP contribution in [0.4, 0.5) is 17.3 Å². The first-order valence-corrected chi connectivity index (χ1v) is 10.6. The Kier molecular flexibility index (Phi) is 3.79. The number of benzene rings is 3. The quantitative estimate of drug-likeness (QED) is 0.298. The molecule has 0 radical (unpaired) electrons. The van der Waals surface area contributed by atoms with Gasteiger partial charge in [-0.2, -0.15) is 0 Å². The van der Waals surface area contributed by atoms with Gasteiger partial charge in [-0.1, -0.05) is 41.5 Å². The number of furan rings is 1. The summed E-state index contributed by atoms with van der Waals surface area (Å²) >= 11 is 0. The first kappa shape index (κ1) is 17.4. The lowest BCUT2D eigenvalue weighted by atomic mass is 10.0. The minimum absolute atomic E-state index is 0.753. The Hall–Kier alpha value is -3.46. The Morgan fingerprint density at radius 1 is 0.867 bits per heavy atom. The summed E-state index contributed by atoms with van der Waals surface area (Å²) in [5.74, 6) is 1.82. The highest BCUT2D eigenvalue weighted by Gasteiger charge is 2.29. The average molecular weight is 393 g/mol. The van der Waals surface area contributed by atoms with Crippen LogP contribution in [0.5, 0.6) is 5.75 Å². The van der Waals surface area contributed by atoms with Crippen molar-refractivity contribution in [1.82, 2.24) is 0 Å². The molecular formula is C27H23NO2. The molecule has 1 aromatic heterocycles. The van der Waals surface area contributed by atoms with E-state index in [0.717, 1.165) is 59.0 Å². The number of aryl methyl sites for hydroxylation is 3. The molecule has 0 saturated carbocycles. The van der Waals surface area contributed by atoms with Crippen molar-refractivity contribution in [3.8, 4) is 5.75 Å². The van der Waals surface area contributed by atoms with Crippen molar-refractivity contribution in [2.75, 3.05) is 11.5 Å². The molecule has 30 heavy (non-hydrogen) atoms. The Morgan fingerprint density at radius 2 is 1.73 bits per heavy atom. The fourth-order valence-electron chi connectivity index (χ4n) is 4.63. The number of anilines is 3. The van der Waals surface area contributed by atoms with Crippen LogP contribution in [0.1, 0.15) is 34.2 Å². The fraction of sp³-hybridized carbons (Fsp3) is 0.185. The molecule has 2 aliphatic heterocycles. The summed E-state index contributed by atoms with van der Waals surface area (Å²) < 4.78 is 12.7. The van der Waals surface area contributed by atoms with Gasteiger partial charge in [0.1, 0.15) is 11.3 Å². The van der Waals surface area contributed by atoms with Gasteiger partial charge in [-0.15, -0.1) is 0 Å². The Labute approximate surface area is 176 Å². The van der Waals surface area contributed by atoms with Gasteiger partial charge in [0.15, 0.2) is 0 Å². The van der Waals surface area contributed by atoms with Gasteiger partial charge >= 0.3 is 0 Å². The number of nitrogens with zero attached hydrogens (tertiary/aromatic N) is 1. The highest BCUT2D eigenvalue weighted by molar-refractivity contribution is 6.02. The molecular weight excluding hydrogens is 370 g/mol. The molecule has 0 unspecified atom stereocenters. The van der Waals surface area contributed by atoms with E-state index < -0.39 is 0 Å². The van der Waals surface area contributed by atoms with Crippen molar-refractivity contribution in [3.05, 3.63) is 82.4 Å². The third-order valence-corrected chi connectivity index (χ3v) is 6.07. The number of para-hydroxylation sites is 1. The predicted octanol–water partition coefficient (Wildman–Crippen LogP) is 7.33. The first-order chi connectivity index (χ1) is 14.7. The van der Waals surface area contributed by atoms with Gasteiger partial charge < -0.3 is 9.15 Å². The highest BCUT2D eigenvalue weighted by atomic mass is 16.5. The number of rotatable bonds is 1. The van der Waals surface area contributed by atoms with Crippen LogP contribution in [0.25, 0.3) is 23.1 Å². The number of ether oxygens (including phenoxy) is 1. The Balaban J connectivity index is 1.68. The van der Waals surface area contributed by atoms with Gasteiger partial charge in [0.05, 0.1) is 18.0 Å². The molecule has 0 amide bonds. The minimum Gasteiger partial charge on any atom is -0.491 e. The molecule has 0 bridgehead atoms. The van der Waals surface area contributed by atoms with Crippen molar-refractivity contribution in [1.29, 1.82) is 0 Å². The third kappa shape index (κ3) is 2.58. The van der Waals surface area contributed by atoms with E-state index in [0.29, 0.717) is 0 Å². The fourth-order valence-corrected chi connectivity index (χ4v) is 4.63. The number of fused-ring (bicyclic) bond motifs is 5. The molecule has 0 saturated heterocycles. The second kappa shape index (κ2) is 6.53. The maximum atomic E-state index is 6.49. The van der Waals surface area contributed by atoms with Crippen LogP contribution in [0.15, 0.2) is 59.0 Å². The van der Waals surface area contributed by atoms with Gasteiger partial charge in [0.25, 0.3) is 0 Å². The van der Waals surface area contributed by atoms with E-state index in [-0.39, 0.29) is 0 Å². The maximum absolute atomic E-state index is 6.49. The maximum Gasteiger partial charge on any atom is 0.213 e. The molecule has 4 aromatic rings. The van der Waals surface area contributed by atoms with E-state index in [9.17, 15) is 0 Å². The average Bonchev–Trinajstić information content (AvgIpc) is 3.02. The molecule has 3 heteroatoms. The van der Waals surface area contributed by atoms with Gasteiger partial charge in [-0.25, -0.2) is 0 Å². The van der Waals surface area contributed by atoms with Gasteiger partial charge in [0.2, 0.25) is 5.88 Å². The van der Waals surface area contributed by atoms with Crippen molar-refractivity contribution in [3.63, 3.8) is 0 Å². The monoisotopic (exact) mass is 393 g/mol. The summed E-state index contributed by atoms with van der Waals surface area (Å²) in [5, 5.41) is 1.14. The summed E-state index contributed by atoms with van der Waals surface area (Å²) in [6, 6.07) is 19.4. The van der Waals surface area contributed by atoms with Crippen LogP contribution in [0.2, 0.25) is 0 Å². The lowest BCUT2D eigenvalue weighted by molar-refractivity contribution is 0.289. The standard InChI is InChI=1S/C27H23NO2/c1-17-8-12-23-20(15-17)10-11-21-22-16-18(2)9-13-25(22)30-27(21)28(23)24-7-3-5-19-6-4-14-29-26(19)24/h3,5,7-13,15-16H,4,6,14H2,1-2H3. The normalized spacial score (nSPS) is 14.7. The number of hydrogen-bond acceptors (Lipinski definition) is 3. The first-order valence-electron chi connectivity index (χ1n) is 10.6. The summed E-state index contributed by atoms with van der Waals surface area (Å²) in [6.07, 6.45) is 6.50. The minimum atomic E-state index is 0.753. The molecule has 0 aliphatic carbocycles. The smallest absolute Gasteiger partial charge is 0.213 e. The summed E-state index contributed by atoms with van der Waals surface area (Å²) in [5.41, 5.74) is 9.06. The lowest BCUT2D eigenvalue weighted by Gasteiger charge is -2.29. The van der Waals surface area contributed by atoms with E-state index in [1.54, 1.807) is 0 Å². The topological polar surface area (TPSA) is 25.6 Å². The molecule has 2 aliphatic rings. The van der Waals surface area contributed by atoms with Crippen LogP contribution >= 0.6 is 0 Å². The van der Waals surface area contributed by atoms with Gasteiger partial charge in [0, 0.05) is 10.9 Å². The van der Waals surface area contributed by atoms with Gasteiger partial charge in [-0.05, 0) is 74.2 Å². The number of hydrogen-bond donors (Lipinski definition) is 0. The molecule has 0 fully saturated rings. The molecule has 3 aromatic carbocycles. The summed E-state index contributed by atoms with van der Waals surface area (Å²) in [7, 11) is 0. The van der Waals surface area contributed by atoms with Gasteiger partial charge in [-0.3, -0.25) is 4.90 Å². The van der Waals surface area contributed by atoms with Crippen LogP contribution < -0.4 is 9.64 Å². The zero-order chi connectivity index (χ0) is 20.2. The summed E-state index contributed by atoms with van der Waals surface area (Å²) in [6.45, 7) is 5.01. The Bertz CT molecular complexity index is 1330. The molecule has 0 spiro atoms. The van der Waals surface area contributed by atoms with Crippen LogP contribution in [0.3, 0.4) is 0 Å². The molecule has 3 nitrogen and oxygen atoms in total. The Morgan fingerprint density at radius 3 is 2.67 bits per heavy atom. The van der Waals surface area contributed by atoms with Crippen LogP contribution in [-0.2, 0) is 6.42 Å². The van der Waals surface area contributed by atoms with E-state index in [1.807, 2.05) is 0 Å².